The predicted molar refractivity (Wildman–Crippen MR) is 163 cm³/mol. The second-order valence-corrected chi connectivity index (χ2v) is 11.1. The molecule has 5 rings (SSSR count). The van der Waals surface area contributed by atoms with Crippen molar-refractivity contribution in [1.29, 1.82) is 0 Å². The molecule has 0 atom stereocenters. The van der Waals surface area contributed by atoms with E-state index in [1.807, 2.05) is 38.5 Å². The number of fused-ring (bicyclic) bond motifs is 1. The van der Waals surface area contributed by atoms with Crippen LogP contribution in [-0.4, -0.2) is 55.7 Å². The van der Waals surface area contributed by atoms with E-state index >= 15 is 0 Å². The molecule has 0 amide bonds. The third-order valence-corrected chi connectivity index (χ3v) is 7.83. The Morgan fingerprint density at radius 1 is 1.13 bits per heavy atom. The van der Waals surface area contributed by atoms with Crippen LogP contribution >= 0.6 is 11.3 Å². The van der Waals surface area contributed by atoms with Crippen molar-refractivity contribution >= 4 is 33.4 Å². The molecule has 39 heavy (non-hydrogen) atoms. The van der Waals surface area contributed by atoms with Gasteiger partial charge in [0.1, 0.15) is 5.69 Å². The van der Waals surface area contributed by atoms with Crippen molar-refractivity contribution in [3.63, 3.8) is 0 Å². The van der Waals surface area contributed by atoms with Crippen LogP contribution in [0.1, 0.15) is 40.1 Å². The Bertz CT molecular complexity index is 1680. The minimum absolute atomic E-state index is 0.702. The van der Waals surface area contributed by atoms with Gasteiger partial charge in [0, 0.05) is 44.4 Å². The highest BCUT2D eigenvalue weighted by atomic mass is 32.1. The number of imidazole rings is 1. The van der Waals surface area contributed by atoms with Gasteiger partial charge in [-0.05, 0) is 82.7 Å². The first kappa shape index (κ1) is 26.5. The van der Waals surface area contributed by atoms with Crippen LogP contribution in [0.4, 0.5) is 0 Å². The monoisotopic (exact) mass is 535 g/mol. The number of aromatic nitrogens is 6. The molecule has 7 nitrogen and oxygen atoms in total. The lowest BCUT2D eigenvalue weighted by molar-refractivity contribution is 0.400. The number of nitrogens with zero attached hydrogens (tertiary/aromatic N) is 5. The quantitative estimate of drug-likeness (QED) is 0.190. The zero-order chi connectivity index (χ0) is 27.5. The van der Waals surface area contributed by atoms with Gasteiger partial charge in [-0.1, -0.05) is 25.3 Å². The van der Waals surface area contributed by atoms with Gasteiger partial charge in [-0.3, -0.25) is 15.1 Å². The van der Waals surface area contributed by atoms with Gasteiger partial charge in [0.15, 0.2) is 5.82 Å². The van der Waals surface area contributed by atoms with Crippen molar-refractivity contribution in [2.45, 2.75) is 26.7 Å². The van der Waals surface area contributed by atoms with Gasteiger partial charge >= 0.3 is 0 Å². The van der Waals surface area contributed by atoms with Crippen LogP contribution < -0.4 is 0 Å². The Balaban J connectivity index is 1.49. The lowest BCUT2D eigenvalue weighted by Gasteiger charge is -2.09. The zero-order valence-electron chi connectivity index (χ0n) is 22.9. The van der Waals surface area contributed by atoms with E-state index in [2.05, 4.69) is 81.6 Å². The van der Waals surface area contributed by atoms with E-state index in [4.69, 9.17) is 4.98 Å². The summed E-state index contributed by atoms with van der Waals surface area (Å²) in [5.74, 6) is 0.702. The Morgan fingerprint density at radius 3 is 2.69 bits per heavy atom. The van der Waals surface area contributed by atoms with Crippen LogP contribution in [0.2, 0.25) is 0 Å². The molecule has 198 valence electrons. The van der Waals surface area contributed by atoms with Gasteiger partial charge in [-0.25, -0.2) is 4.98 Å². The van der Waals surface area contributed by atoms with E-state index in [1.54, 1.807) is 17.4 Å². The third-order valence-electron chi connectivity index (χ3n) is 6.55. The Morgan fingerprint density at radius 2 is 1.95 bits per heavy atom. The Labute approximate surface area is 233 Å². The number of aromatic amines is 2. The molecule has 0 saturated carbocycles. The normalized spacial score (nSPS) is 12.0. The molecule has 0 unspecified atom stereocenters. The summed E-state index contributed by atoms with van der Waals surface area (Å²) in [6.07, 6.45) is 11.5. The van der Waals surface area contributed by atoms with Gasteiger partial charge in [0.2, 0.25) is 0 Å². The Kier molecular flexibility index (Phi) is 7.67. The van der Waals surface area contributed by atoms with Crippen molar-refractivity contribution in [3.8, 4) is 22.8 Å². The van der Waals surface area contributed by atoms with E-state index in [0.29, 0.717) is 5.82 Å². The molecule has 5 aromatic rings. The summed E-state index contributed by atoms with van der Waals surface area (Å²) >= 11 is 1.70. The first-order valence-electron chi connectivity index (χ1n) is 12.9. The number of pyridine rings is 2. The van der Waals surface area contributed by atoms with Crippen LogP contribution in [0.15, 0.2) is 68.2 Å². The number of thiophene rings is 1. The smallest absolute Gasteiger partial charge is 0.159 e. The fourth-order valence-electron chi connectivity index (χ4n) is 4.56. The molecule has 0 saturated heterocycles. The van der Waals surface area contributed by atoms with Gasteiger partial charge in [0.25, 0.3) is 0 Å². The topological polar surface area (TPSA) is 86.4 Å². The lowest BCUT2D eigenvalue weighted by atomic mass is 10.1. The summed E-state index contributed by atoms with van der Waals surface area (Å²) in [6.45, 7) is 13.1. The molecule has 0 radical (unpaired) electrons. The summed E-state index contributed by atoms with van der Waals surface area (Å²) in [6, 6.07) is 8.45. The summed E-state index contributed by atoms with van der Waals surface area (Å²) in [7, 11) is 4.19. The minimum Gasteiger partial charge on any atom is -0.340 e. The second-order valence-electron chi connectivity index (χ2n) is 10.00. The third kappa shape index (κ3) is 5.67. The van der Waals surface area contributed by atoms with E-state index in [9.17, 15) is 0 Å². The molecular formula is C31H33N7S. The zero-order valence-corrected chi connectivity index (χ0v) is 23.7. The van der Waals surface area contributed by atoms with Crippen LogP contribution in [-0.2, 0) is 6.42 Å². The molecule has 8 heteroatoms. The van der Waals surface area contributed by atoms with Crippen molar-refractivity contribution in [1.82, 2.24) is 35.0 Å². The maximum atomic E-state index is 5.01. The van der Waals surface area contributed by atoms with Crippen molar-refractivity contribution in [2.75, 3.05) is 20.6 Å². The van der Waals surface area contributed by atoms with Gasteiger partial charge in [-0.2, -0.15) is 5.10 Å². The molecule has 0 fully saturated rings. The molecule has 2 N–H and O–H groups in total. The standard InChI is InChI=1S/C31H33N7S/c1-7-9-23(28-12-11-27(39-28)19(2)3)29-20(4)34-31(35-29)30-24-15-25(33-18-26(24)36-37-30)22-14-21(16-32-17-22)10-8-13-38(5)6/h7,9,11-12,14-18H,1-2,8,10,13H2,3-6H3,(H,34,35)(H,36,37)/b23-9-. The van der Waals surface area contributed by atoms with Gasteiger partial charge in [-0.15, -0.1) is 11.3 Å². The number of rotatable bonds is 10. The molecule has 0 bridgehead atoms. The molecule has 5 heterocycles. The lowest BCUT2D eigenvalue weighted by Crippen LogP contribution is -2.13. The highest BCUT2D eigenvalue weighted by Gasteiger charge is 2.19. The number of hydrogen-bond acceptors (Lipinski definition) is 6. The first-order valence-corrected chi connectivity index (χ1v) is 13.7. The fraction of sp³-hybridized carbons (Fsp3) is 0.226. The van der Waals surface area contributed by atoms with Crippen molar-refractivity contribution < 1.29 is 0 Å². The number of nitrogens with one attached hydrogen (secondary N) is 2. The highest BCUT2D eigenvalue weighted by Crippen LogP contribution is 2.35. The van der Waals surface area contributed by atoms with Crippen molar-refractivity contribution in [3.05, 3.63) is 94.9 Å². The number of hydrogen-bond donors (Lipinski definition) is 2. The molecule has 0 aliphatic heterocycles. The average Bonchev–Trinajstić information content (AvgIpc) is 3.65. The predicted octanol–water partition coefficient (Wildman–Crippen LogP) is 6.92. The maximum absolute atomic E-state index is 5.01. The molecule has 0 spiro atoms. The maximum Gasteiger partial charge on any atom is 0.159 e. The fourth-order valence-corrected chi connectivity index (χ4v) is 5.52. The first-order chi connectivity index (χ1) is 18.8. The molecule has 0 aromatic carbocycles. The number of H-pyrrole nitrogens is 2. The largest absolute Gasteiger partial charge is 0.340 e. The van der Waals surface area contributed by atoms with Crippen molar-refractivity contribution in [2.24, 2.45) is 0 Å². The molecule has 0 aliphatic carbocycles. The number of aryl methyl sites for hydroxylation is 2. The van der Waals surface area contributed by atoms with E-state index in [-0.39, 0.29) is 0 Å². The van der Waals surface area contributed by atoms with Crippen LogP contribution in [0.5, 0.6) is 0 Å². The average molecular weight is 536 g/mol. The summed E-state index contributed by atoms with van der Waals surface area (Å²) in [5, 5.41) is 8.67. The number of allylic oxidation sites excluding steroid dienone is 3. The minimum atomic E-state index is 0.702. The second kappa shape index (κ2) is 11.3. The van der Waals surface area contributed by atoms with Crippen LogP contribution in [0, 0.1) is 6.92 Å². The van der Waals surface area contributed by atoms with Gasteiger partial charge in [0.05, 0.1) is 23.1 Å². The van der Waals surface area contributed by atoms with E-state index in [1.165, 1.54) is 5.56 Å². The molecule has 5 aromatic heterocycles. The van der Waals surface area contributed by atoms with Gasteiger partial charge < -0.3 is 9.88 Å². The highest BCUT2D eigenvalue weighted by molar-refractivity contribution is 7.14. The summed E-state index contributed by atoms with van der Waals surface area (Å²) < 4.78 is 0. The van der Waals surface area contributed by atoms with E-state index < -0.39 is 0 Å². The molecule has 0 aliphatic rings. The molecular weight excluding hydrogens is 502 g/mol. The van der Waals surface area contributed by atoms with E-state index in [0.717, 1.165) is 79.5 Å². The summed E-state index contributed by atoms with van der Waals surface area (Å²) in [5.41, 5.74) is 8.56. The van der Waals surface area contributed by atoms with Crippen LogP contribution in [0.3, 0.4) is 0 Å². The van der Waals surface area contributed by atoms with Crippen LogP contribution in [0.25, 0.3) is 44.8 Å². The SMILES string of the molecule is C=C/C=C(/c1ccc(C(=C)C)s1)c1nc(-c2n[nH]c3cnc(-c4cncc(CCCN(C)C)c4)cc23)[nH]c1C. The Hall–Kier alpha value is -4.14. The summed E-state index contributed by atoms with van der Waals surface area (Å²) in [4.78, 5) is 22.1.